The third-order valence-electron chi connectivity index (χ3n) is 4.73. The van der Waals surface area contributed by atoms with E-state index in [4.69, 9.17) is 4.74 Å². The molecule has 0 saturated heterocycles. The van der Waals surface area contributed by atoms with E-state index in [1.54, 1.807) is 44.4 Å². The zero-order chi connectivity index (χ0) is 20.8. The smallest absolute Gasteiger partial charge is 0.336 e. The molecule has 0 saturated carbocycles. The van der Waals surface area contributed by atoms with Crippen LogP contribution in [0.2, 0.25) is 0 Å². The molecule has 0 spiro atoms. The molecular weight excluding hydrogens is 370 g/mol. The minimum absolute atomic E-state index is 0.0923. The van der Waals surface area contributed by atoms with Crippen LogP contribution in [0.5, 0.6) is 0 Å². The van der Waals surface area contributed by atoms with Crippen molar-refractivity contribution in [3.8, 4) is 0 Å². The number of esters is 1. The Balaban J connectivity index is 1.78. The Kier molecular flexibility index (Phi) is 6.39. The predicted molar refractivity (Wildman–Crippen MR) is 107 cm³/mol. The van der Waals surface area contributed by atoms with Gasteiger partial charge in [-0.25, -0.2) is 9.59 Å². The molecule has 0 amide bonds. The molecule has 0 radical (unpaired) electrons. The quantitative estimate of drug-likeness (QED) is 0.551. The van der Waals surface area contributed by atoms with E-state index < -0.39 is 17.9 Å². The first-order valence-electron chi connectivity index (χ1n) is 9.39. The average Bonchev–Trinajstić information content (AvgIpc) is 2.71. The van der Waals surface area contributed by atoms with Crippen LogP contribution in [0.4, 0.5) is 0 Å². The minimum atomic E-state index is -1.10. The van der Waals surface area contributed by atoms with Gasteiger partial charge in [-0.3, -0.25) is 9.97 Å². The second-order valence-corrected chi connectivity index (χ2v) is 6.76. The topological polar surface area (TPSA) is 101 Å². The molecule has 2 aromatic rings. The number of aromatic nitrogens is 2. The van der Waals surface area contributed by atoms with Crippen LogP contribution in [0.15, 0.2) is 71.3 Å². The maximum atomic E-state index is 12.9. The van der Waals surface area contributed by atoms with Crippen molar-refractivity contribution in [1.29, 1.82) is 0 Å². The first kappa shape index (κ1) is 20.3. The number of aryl methyl sites for hydroxylation is 1. The number of pyridine rings is 2. The van der Waals surface area contributed by atoms with Crippen molar-refractivity contribution in [3.05, 3.63) is 82.7 Å². The molecule has 1 atom stereocenters. The highest BCUT2D eigenvalue weighted by Crippen LogP contribution is 2.37. The van der Waals surface area contributed by atoms with E-state index in [2.05, 4.69) is 15.3 Å². The first-order valence-corrected chi connectivity index (χ1v) is 9.39. The highest BCUT2D eigenvalue weighted by atomic mass is 16.5. The van der Waals surface area contributed by atoms with E-state index in [0.717, 1.165) is 5.69 Å². The summed E-state index contributed by atoms with van der Waals surface area (Å²) in [4.78, 5) is 33.4. The summed E-state index contributed by atoms with van der Waals surface area (Å²) < 4.78 is 5.48. The number of hydrogen-bond acceptors (Lipinski definition) is 6. The van der Waals surface area contributed by atoms with E-state index in [-0.39, 0.29) is 17.8 Å². The largest absolute Gasteiger partial charge is 0.478 e. The maximum Gasteiger partial charge on any atom is 0.336 e. The number of dihydropyridines is 1. The zero-order valence-electron chi connectivity index (χ0n) is 16.4. The van der Waals surface area contributed by atoms with Crippen molar-refractivity contribution < 1.29 is 19.4 Å². The minimum Gasteiger partial charge on any atom is -0.478 e. The van der Waals surface area contributed by atoms with Gasteiger partial charge in [-0.15, -0.1) is 0 Å². The van der Waals surface area contributed by atoms with E-state index in [0.29, 0.717) is 29.9 Å². The van der Waals surface area contributed by atoms with Gasteiger partial charge in [0.2, 0.25) is 0 Å². The van der Waals surface area contributed by atoms with Crippen molar-refractivity contribution >= 4 is 11.9 Å². The Bertz CT molecular complexity index is 953. The molecule has 1 aliphatic heterocycles. The van der Waals surface area contributed by atoms with Crippen LogP contribution in [-0.4, -0.2) is 33.6 Å². The lowest BCUT2D eigenvalue weighted by atomic mass is 9.83. The number of rotatable bonds is 7. The summed E-state index contributed by atoms with van der Waals surface area (Å²) in [6, 6.07) is 10.9. The van der Waals surface area contributed by atoms with Gasteiger partial charge in [0.05, 0.1) is 29.4 Å². The van der Waals surface area contributed by atoms with Crippen LogP contribution in [-0.2, 0) is 20.7 Å². The van der Waals surface area contributed by atoms with Crippen LogP contribution in [0.1, 0.15) is 37.6 Å². The van der Waals surface area contributed by atoms with E-state index >= 15 is 0 Å². The number of carbonyl (C=O) groups excluding carboxylic acids is 1. The molecule has 7 heteroatoms. The molecule has 7 nitrogen and oxygen atoms in total. The second kappa shape index (κ2) is 9.14. The van der Waals surface area contributed by atoms with Gasteiger partial charge in [-0.05, 0) is 51.0 Å². The molecule has 29 heavy (non-hydrogen) atoms. The highest BCUT2D eigenvalue weighted by Gasteiger charge is 2.37. The molecule has 1 unspecified atom stereocenters. The van der Waals surface area contributed by atoms with Crippen molar-refractivity contribution in [2.24, 2.45) is 0 Å². The normalized spacial score (nSPS) is 16.4. The van der Waals surface area contributed by atoms with E-state index in [9.17, 15) is 14.7 Å². The average molecular weight is 393 g/mol. The summed E-state index contributed by atoms with van der Waals surface area (Å²) in [6.07, 6.45) is 4.62. The number of carboxylic acids is 1. The van der Waals surface area contributed by atoms with Crippen molar-refractivity contribution in [2.75, 3.05) is 6.61 Å². The van der Waals surface area contributed by atoms with Gasteiger partial charge >= 0.3 is 11.9 Å². The lowest BCUT2D eigenvalue weighted by molar-refractivity contribution is -0.139. The Morgan fingerprint density at radius 1 is 1.03 bits per heavy atom. The first-order chi connectivity index (χ1) is 14.0. The molecule has 3 heterocycles. The summed E-state index contributed by atoms with van der Waals surface area (Å²) in [5.41, 5.74) is 2.83. The number of hydrogen-bond donors (Lipinski definition) is 2. The number of ether oxygens (including phenoxy) is 1. The molecule has 0 bridgehead atoms. The predicted octanol–water partition coefficient (Wildman–Crippen LogP) is 2.97. The maximum absolute atomic E-state index is 12.9. The summed E-state index contributed by atoms with van der Waals surface area (Å²) in [5, 5.41) is 12.8. The molecule has 1 aliphatic rings. The Morgan fingerprint density at radius 3 is 2.34 bits per heavy atom. The standard InChI is InChI=1S/C22H23N3O4/c1-14-18(21(26)27)20(17-10-4-6-12-24-17)19(15(2)25-14)22(28)29-13-7-9-16-8-3-5-11-23-16/h3-6,8,10-12,20,25H,7,9,13H2,1-2H3,(H,26,27). The van der Waals surface area contributed by atoms with E-state index in [1.807, 2.05) is 18.2 Å². The SMILES string of the molecule is CC1=C(C(=O)O)C(c2ccccn2)C(C(=O)OCCCc2ccccn2)=C(C)N1. The molecule has 3 rings (SSSR count). The van der Waals surface area contributed by atoms with Gasteiger partial charge in [0.1, 0.15) is 0 Å². The fraction of sp³-hybridized carbons (Fsp3) is 0.273. The molecule has 2 N–H and O–H groups in total. The summed E-state index contributed by atoms with van der Waals surface area (Å²) >= 11 is 0. The molecule has 2 aromatic heterocycles. The van der Waals surface area contributed by atoms with Crippen molar-refractivity contribution in [1.82, 2.24) is 15.3 Å². The lowest BCUT2D eigenvalue weighted by Gasteiger charge is -2.29. The molecule has 0 aromatic carbocycles. The molecule has 150 valence electrons. The summed E-state index contributed by atoms with van der Waals surface area (Å²) in [6.45, 7) is 3.63. The monoisotopic (exact) mass is 393 g/mol. The number of carbonyl (C=O) groups is 2. The second-order valence-electron chi connectivity index (χ2n) is 6.76. The van der Waals surface area contributed by atoms with Crippen LogP contribution in [0.25, 0.3) is 0 Å². The summed E-state index contributed by atoms with van der Waals surface area (Å²) in [7, 11) is 0. The van der Waals surface area contributed by atoms with E-state index in [1.165, 1.54) is 0 Å². The summed E-state index contributed by atoms with van der Waals surface area (Å²) in [5.74, 6) is -2.44. The van der Waals surface area contributed by atoms with Gasteiger partial charge in [0, 0.05) is 29.5 Å². The van der Waals surface area contributed by atoms with Crippen LogP contribution in [0, 0.1) is 0 Å². The van der Waals surface area contributed by atoms with Crippen LogP contribution < -0.4 is 5.32 Å². The highest BCUT2D eigenvalue weighted by molar-refractivity contribution is 5.99. The molecule has 0 aliphatic carbocycles. The number of allylic oxidation sites excluding steroid dienone is 2. The third kappa shape index (κ3) is 4.68. The fourth-order valence-electron chi connectivity index (χ4n) is 3.43. The Labute approximate surface area is 169 Å². The zero-order valence-corrected chi connectivity index (χ0v) is 16.4. The third-order valence-corrected chi connectivity index (χ3v) is 4.73. The Morgan fingerprint density at radius 2 is 1.72 bits per heavy atom. The van der Waals surface area contributed by atoms with Crippen molar-refractivity contribution in [3.63, 3.8) is 0 Å². The van der Waals surface area contributed by atoms with Gasteiger partial charge in [-0.1, -0.05) is 12.1 Å². The lowest BCUT2D eigenvalue weighted by Crippen LogP contribution is -2.32. The van der Waals surface area contributed by atoms with Crippen LogP contribution >= 0.6 is 0 Å². The number of nitrogens with one attached hydrogen (secondary N) is 1. The number of nitrogens with zero attached hydrogens (tertiary/aromatic N) is 2. The van der Waals surface area contributed by atoms with Gasteiger partial charge in [0.15, 0.2) is 0 Å². The van der Waals surface area contributed by atoms with Crippen molar-refractivity contribution in [2.45, 2.75) is 32.6 Å². The molecular formula is C22H23N3O4. The number of aliphatic carboxylic acids is 1. The van der Waals surface area contributed by atoms with Crippen LogP contribution in [0.3, 0.4) is 0 Å². The molecule has 0 fully saturated rings. The fourth-order valence-corrected chi connectivity index (χ4v) is 3.43. The van der Waals surface area contributed by atoms with Gasteiger partial charge in [-0.2, -0.15) is 0 Å². The van der Waals surface area contributed by atoms with Gasteiger partial charge < -0.3 is 15.2 Å². The Hall–Kier alpha value is -3.48. The number of carboxylic acid groups (broad SMARTS) is 1. The van der Waals surface area contributed by atoms with Gasteiger partial charge in [0.25, 0.3) is 0 Å².